The van der Waals surface area contributed by atoms with Crippen LogP contribution in [0.4, 0.5) is 13.2 Å². The highest BCUT2D eigenvalue weighted by molar-refractivity contribution is 5.85. The van der Waals surface area contributed by atoms with Crippen LogP contribution in [-0.2, 0) is 6.18 Å². The number of alkyl halides is 3. The second-order valence-electron chi connectivity index (χ2n) is 4.01. The van der Waals surface area contributed by atoms with Crippen LogP contribution in [0.1, 0.15) is 17.0 Å². The molecule has 0 unspecified atom stereocenters. The highest BCUT2D eigenvalue weighted by Crippen LogP contribution is 2.32. The van der Waals surface area contributed by atoms with Gasteiger partial charge in [-0.2, -0.15) is 18.2 Å². The van der Waals surface area contributed by atoms with E-state index in [0.29, 0.717) is 5.39 Å². The van der Waals surface area contributed by atoms with Gasteiger partial charge in [0.25, 0.3) is 0 Å². The van der Waals surface area contributed by atoms with Crippen LogP contribution in [0.3, 0.4) is 0 Å². The van der Waals surface area contributed by atoms with E-state index in [1.54, 1.807) is 12.1 Å². The smallest absolute Gasteiger partial charge is 0.451 e. The number of methoxy groups -OCH3 is 1. The number of rotatable bonds is 1. The van der Waals surface area contributed by atoms with Crippen molar-refractivity contribution in [3.8, 4) is 5.88 Å². The second kappa shape index (κ2) is 4.12. The molecule has 1 aromatic carbocycles. The summed E-state index contributed by atoms with van der Waals surface area (Å²) < 4.78 is 42.8. The average Bonchev–Trinajstić information content (AvgIpc) is 2.28. The van der Waals surface area contributed by atoms with E-state index in [1.165, 1.54) is 7.11 Å². The van der Waals surface area contributed by atoms with E-state index in [4.69, 9.17) is 4.74 Å². The van der Waals surface area contributed by atoms with Crippen LogP contribution < -0.4 is 4.74 Å². The van der Waals surface area contributed by atoms with Gasteiger partial charge >= 0.3 is 6.18 Å². The summed E-state index contributed by atoms with van der Waals surface area (Å²) in [7, 11) is 1.29. The maximum atomic E-state index is 12.6. The minimum absolute atomic E-state index is 0.0598. The van der Waals surface area contributed by atoms with Gasteiger partial charge in [0.05, 0.1) is 18.0 Å². The fourth-order valence-corrected chi connectivity index (χ4v) is 1.64. The number of benzene rings is 1. The molecule has 6 heteroatoms. The first-order valence-corrected chi connectivity index (χ1v) is 5.23. The number of halogens is 3. The number of aromatic nitrogens is 2. The molecule has 96 valence electrons. The maximum Gasteiger partial charge on any atom is 0.451 e. The topological polar surface area (TPSA) is 35.0 Å². The van der Waals surface area contributed by atoms with E-state index in [9.17, 15) is 13.2 Å². The summed E-state index contributed by atoms with van der Waals surface area (Å²) in [6.45, 7) is 3.68. The molecule has 0 atom stereocenters. The molecule has 0 amide bonds. The monoisotopic (exact) mass is 256 g/mol. The summed E-state index contributed by atoms with van der Waals surface area (Å²) in [6.07, 6.45) is -4.58. The Morgan fingerprint density at radius 3 is 2.22 bits per heavy atom. The molecule has 0 spiro atoms. The molecule has 2 rings (SSSR count). The lowest BCUT2D eigenvalue weighted by molar-refractivity contribution is -0.144. The molecule has 3 nitrogen and oxygen atoms in total. The van der Waals surface area contributed by atoms with Crippen molar-refractivity contribution in [1.29, 1.82) is 0 Å². The Labute approximate surface area is 102 Å². The van der Waals surface area contributed by atoms with Gasteiger partial charge in [-0.15, -0.1) is 0 Å². The molecule has 0 aliphatic heterocycles. The molecule has 0 N–H and O–H groups in total. The van der Waals surface area contributed by atoms with E-state index in [-0.39, 0.29) is 11.4 Å². The molecule has 1 heterocycles. The largest absolute Gasteiger partial charge is 0.480 e. The first-order chi connectivity index (χ1) is 8.32. The molecule has 0 fully saturated rings. The van der Waals surface area contributed by atoms with Crippen LogP contribution in [0.5, 0.6) is 5.88 Å². The number of nitrogens with zero attached hydrogens (tertiary/aromatic N) is 2. The Balaban J connectivity index is 2.80. The average molecular weight is 256 g/mol. The molecule has 1 aromatic heterocycles. The van der Waals surface area contributed by atoms with Crippen LogP contribution in [0, 0.1) is 13.8 Å². The number of hydrogen-bond donors (Lipinski definition) is 0. The molecular weight excluding hydrogens is 245 g/mol. The summed E-state index contributed by atoms with van der Waals surface area (Å²) in [4.78, 5) is 6.94. The van der Waals surface area contributed by atoms with E-state index >= 15 is 0 Å². The van der Waals surface area contributed by atoms with Gasteiger partial charge in [-0.3, -0.25) is 0 Å². The quantitative estimate of drug-likeness (QED) is 0.785. The summed E-state index contributed by atoms with van der Waals surface area (Å²) in [5, 5.41) is 0.480. The standard InChI is InChI=1S/C12H11F3N2O/c1-6-4-8-9(5-7(6)2)16-11(12(13,14)15)17-10(8)18-3/h4-5H,1-3H3. The van der Waals surface area contributed by atoms with Crippen molar-refractivity contribution in [2.75, 3.05) is 7.11 Å². The third-order valence-electron chi connectivity index (χ3n) is 2.72. The lowest BCUT2D eigenvalue weighted by atomic mass is 10.1. The second-order valence-corrected chi connectivity index (χ2v) is 4.01. The maximum absolute atomic E-state index is 12.6. The highest BCUT2D eigenvalue weighted by Gasteiger charge is 2.35. The Hall–Kier alpha value is -1.85. The minimum Gasteiger partial charge on any atom is -0.480 e. The Morgan fingerprint density at radius 1 is 1.06 bits per heavy atom. The molecule has 0 saturated carbocycles. The molecule has 0 bridgehead atoms. The summed E-state index contributed by atoms with van der Waals surface area (Å²) in [5.41, 5.74) is 2.05. The molecule has 0 aliphatic rings. The van der Waals surface area contributed by atoms with Crippen molar-refractivity contribution in [3.05, 3.63) is 29.1 Å². The molecular formula is C12H11F3N2O. The first-order valence-electron chi connectivity index (χ1n) is 5.23. The van der Waals surface area contributed by atoms with Gasteiger partial charge in [0.15, 0.2) is 0 Å². The van der Waals surface area contributed by atoms with Gasteiger partial charge in [0.1, 0.15) is 0 Å². The molecule has 2 aromatic rings. The predicted molar refractivity (Wildman–Crippen MR) is 60.6 cm³/mol. The Morgan fingerprint density at radius 2 is 1.67 bits per heavy atom. The van der Waals surface area contributed by atoms with E-state index in [1.807, 2.05) is 13.8 Å². The van der Waals surface area contributed by atoms with Crippen LogP contribution in [0.2, 0.25) is 0 Å². The predicted octanol–water partition coefficient (Wildman–Crippen LogP) is 3.27. The van der Waals surface area contributed by atoms with Crippen LogP contribution in [-0.4, -0.2) is 17.1 Å². The van der Waals surface area contributed by atoms with Gasteiger partial charge in [0, 0.05) is 0 Å². The van der Waals surface area contributed by atoms with Crippen LogP contribution in [0.25, 0.3) is 10.9 Å². The zero-order valence-electron chi connectivity index (χ0n) is 10.1. The van der Waals surface area contributed by atoms with Crippen molar-refractivity contribution in [1.82, 2.24) is 9.97 Å². The van der Waals surface area contributed by atoms with Gasteiger partial charge in [0.2, 0.25) is 11.7 Å². The Bertz CT molecular complexity index is 608. The molecule has 0 saturated heterocycles. The van der Waals surface area contributed by atoms with E-state index in [2.05, 4.69) is 9.97 Å². The van der Waals surface area contributed by atoms with Crippen molar-refractivity contribution in [3.63, 3.8) is 0 Å². The minimum atomic E-state index is -4.58. The van der Waals surface area contributed by atoms with Gasteiger partial charge in [-0.25, -0.2) is 4.98 Å². The number of ether oxygens (including phenoxy) is 1. The number of fused-ring (bicyclic) bond motifs is 1. The zero-order chi connectivity index (χ0) is 13.5. The molecule has 0 aliphatic carbocycles. The molecule has 18 heavy (non-hydrogen) atoms. The lowest BCUT2D eigenvalue weighted by Gasteiger charge is -2.11. The van der Waals surface area contributed by atoms with Crippen molar-refractivity contribution in [2.45, 2.75) is 20.0 Å². The number of hydrogen-bond acceptors (Lipinski definition) is 3. The fourth-order valence-electron chi connectivity index (χ4n) is 1.64. The van der Waals surface area contributed by atoms with Gasteiger partial charge in [-0.05, 0) is 37.1 Å². The molecule has 0 radical (unpaired) electrons. The summed E-state index contributed by atoms with van der Waals surface area (Å²) in [5.74, 6) is -1.24. The van der Waals surface area contributed by atoms with Crippen LogP contribution in [0.15, 0.2) is 12.1 Å². The Kier molecular flexibility index (Phi) is 2.88. The normalized spacial score (nSPS) is 11.9. The lowest BCUT2D eigenvalue weighted by Crippen LogP contribution is -2.12. The van der Waals surface area contributed by atoms with Crippen LogP contribution >= 0.6 is 0 Å². The highest BCUT2D eigenvalue weighted by atomic mass is 19.4. The van der Waals surface area contributed by atoms with Crippen molar-refractivity contribution < 1.29 is 17.9 Å². The van der Waals surface area contributed by atoms with Crippen molar-refractivity contribution >= 4 is 10.9 Å². The van der Waals surface area contributed by atoms with Gasteiger partial charge in [-0.1, -0.05) is 0 Å². The fraction of sp³-hybridized carbons (Fsp3) is 0.333. The van der Waals surface area contributed by atoms with Gasteiger partial charge < -0.3 is 4.74 Å². The van der Waals surface area contributed by atoms with E-state index < -0.39 is 12.0 Å². The van der Waals surface area contributed by atoms with Crippen molar-refractivity contribution in [2.24, 2.45) is 0 Å². The SMILES string of the molecule is COc1nc(C(F)(F)F)nc2cc(C)c(C)cc12. The number of aryl methyl sites for hydroxylation is 2. The summed E-state index contributed by atoms with van der Waals surface area (Å²) in [6, 6.07) is 3.33. The first kappa shape index (κ1) is 12.6. The zero-order valence-corrected chi connectivity index (χ0v) is 10.1. The third kappa shape index (κ3) is 2.10. The summed E-state index contributed by atoms with van der Waals surface area (Å²) >= 11 is 0. The van der Waals surface area contributed by atoms with E-state index in [0.717, 1.165) is 11.1 Å². The third-order valence-corrected chi connectivity index (χ3v) is 2.72.